The van der Waals surface area contributed by atoms with Gasteiger partial charge in [0.1, 0.15) is 5.82 Å². The Morgan fingerprint density at radius 3 is 2.61 bits per heavy atom. The van der Waals surface area contributed by atoms with Crippen LogP contribution in [0.25, 0.3) is 0 Å². The lowest BCUT2D eigenvalue weighted by Gasteiger charge is -2.08. The average molecular weight is 306 g/mol. The molecule has 1 fully saturated rings. The first-order valence-corrected chi connectivity index (χ1v) is 7.76. The van der Waals surface area contributed by atoms with E-state index >= 15 is 0 Å². The number of hydrogen-bond donors (Lipinski definition) is 3. The van der Waals surface area contributed by atoms with E-state index in [1.807, 2.05) is 43.3 Å². The molecule has 1 aliphatic carbocycles. The molecule has 3 aromatic rings. The predicted molar refractivity (Wildman–Crippen MR) is 90.3 cm³/mol. The van der Waals surface area contributed by atoms with Gasteiger partial charge in [-0.2, -0.15) is 10.1 Å². The Hall–Kier alpha value is -2.89. The molecular weight excluding hydrogens is 288 g/mol. The lowest BCUT2D eigenvalue weighted by Crippen LogP contribution is -2.02. The summed E-state index contributed by atoms with van der Waals surface area (Å²) in [5, 5.41) is 13.8. The van der Waals surface area contributed by atoms with E-state index in [1.54, 1.807) is 0 Å². The fraction of sp³-hybridized carbons (Fsp3) is 0.235. The highest BCUT2D eigenvalue weighted by atomic mass is 15.2. The van der Waals surface area contributed by atoms with Crippen molar-refractivity contribution >= 4 is 23.3 Å². The molecule has 116 valence electrons. The monoisotopic (exact) mass is 306 g/mol. The molecule has 0 radical (unpaired) electrons. The summed E-state index contributed by atoms with van der Waals surface area (Å²) < 4.78 is 0. The summed E-state index contributed by atoms with van der Waals surface area (Å²) in [6.45, 7) is 1.95. The summed E-state index contributed by atoms with van der Waals surface area (Å²) in [4.78, 5) is 8.93. The van der Waals surface area contributed by atoms with Crippen LogP contribution in [-0.2, 0) is 0 Å². The second-order valence-electron chi connectivity index (χ2n) is 5.82. The van der Waals surface area contributed by atoms with Crippen molar-refractivity contribution in [3.05, 3.63) is 53.9 Å². The highest BCUT2D eigenvalue weighted by Gasteiger charge is 2.25. The van der Waals surface area contributed by atoms with Crippen LogP contribution < -0.4 is 10.6 Å². The summed E-state index contributed by atoms with van der Waals surface area (Å²) in [5.74, 6) is 2.73. The molecule has 1 saturated carbocycles. The molecule has 2 aromatic heterocycles. The quantitative estimate of drug-likeness (QED) is 0.667. The lowest BCUT2D eigenvalue weighted by atomic mass is 10.3. The normalized spacial score (nSPS) is 13.8. The van der Waals surface area contributed by atoms with Crippen LogP contribution in [0.3, 0.4) is 0 Å². The maximum absolute atomic E-state index is 4.51. The van der Waals surface area contributed by atoms with Gasteiger partial charge in [0.05, 0.1) is 0 Å². The first-order chi connectivity index (χ1) is 11.3. The number of benzene rings is 1. The smallest absolute Gasteiger partial charge is 0.229 e. The molecule has 4 rings (SSSR count). The number of aromatic amines is 1. The van der Waals surface area contributed by atoms with Crippen molar-refractivity contribution in [3.8, 4) is 0 Å². The van der Waals surface area contributed by atoms with Gasteiger partial charge in [-0.15, -0.1) is 0 Å². The number of aromatic nitrogens is 4. The second kappa shape index (κ2) is 5.72. The van der Waals surface area contributed by atoms with Gasteiger partial charge in [-0.25, -0.2) is 4.98 Å². The number of rotatable bonds is 5. The molecule has 0 unspecified atom stereocenters. The van der Waals surface area contributed by atoms with Gasteiger partial charge in [0.2, 0.25) is 5.95 Å². The topological polar surface area (TPSA) is 78.5 Å². The zero-order valence-corrected chi connectivity index (χ0v) is 12.9. The maximum atomic E-state index is 4.51. The number of para-hydroxylation sites is 1. The first kappa shape index (κ1) is 13.8. The minimum Gasteiger partial charge on any atom is -0.324 e. The molecule has 0 amide bonds. The van der Waals surface area contributed by atoms with Crippen molar-refractivity contribution in [2.75, 3.05) is 10.6 Å². The van der Waals surface area contributed by atoms with Crippen LogP contribution in [-0.4, -0.2) is 20.2 Å². The second-order valence-corrected chi connectivity index (χ2v) is 5.82. The average Bonchev–Trinajstić information content (AvgIpc) is 3.28. The van der Waals surface area contributed by atoms with E-state index in [1.165, 1.54) is 18.5 Å². The molecule has 6 nitrogen and oxygen atoms in total. The predicted octanol–water partition coefficient (Wildman–Crippen LogP) is 3.87. The van der Waals surface area contributed by atoms with Gasteiger partial charge >= 0.3 is 0 Å². The number of aryl methyl sites for hydroxylation is 1. The number of hydrogen-bond acceptors (Lipinski definition) is 5. The van der Waals surface area contributed by atoms with E-state index < -0.39 is 0 Å². The Balaban J connectivity index is 1.53. The van der Waals surface area contributed by atoms with Gasteiger partial charge in [0.25, 0.3) is 0 Å². The van der Waals surface area contributed by atoms with Gasteiger partial charge in [-0.3, -0.25) is 5.10 Å². The van der Waals surface area contributed by atoms with Crippen molar-refractivity contribution in [1.29, 1.82) is 0 Å². The molecule has 0 aliphatic heterocycles. The molecule has 1 aliphatic rings. The lowest BCUT2D eigenvalue weighted by molar-refractivity contribution is 0.966. The van der Waals surface area contributed by atoms with Crippen LogP contribution in [0.5, 0.6) is 0 Å². The summed E-state index contributed by atoms with van der Waals surface area (Å²) >= 11 is 0. The van der Waals surface area contributed by atoms with E-state index in [9.17, 15) is 0 Å². The Labute approximate surface area is 134 Å². The third-order valence-corrected chi connectivity index (χ3v) is 3.76. The van der Waals surface area contributed by atoms with Crippen LogP contribution in [0, 0.1) is 6.92 Å². The number of anilines is 4. The van der Waals surface area contributed by atoms with Gasteiger partial charge in [-0.05, 0) is 31.9 Å². The fourth-order valence-electron chi connectivity index (χ4n) is 2.47. The Morgan fingerprint density at radius 1 is 1.00 bits per heavy atom. The fourth-order valence-corrected chi connectivity index (χ4v) is 2.47. The molecule has 3 N–H and O–H groups in total. The molecule has 0 spiro atoms. The van der Waals surface area contributed by atoms with Crippen molar-refractivity contribution in [2.45, 2.75) is 25.7 Å². The summed E-state index contributed by atoms with van der Waals surface area (Å²) in [7, 11) is 0. The summed E-state index contributed by atoms with van der Waals surface area (Å²) in [6, 6.07) is 13.8. The van der Waals surface area contributed by atoms with E-state index in [0.29, 0.717) is 11.9 Å². The van der Waals surface area contributed by atoms with Gasteiger partial charge < -0.3 is 10.6 Å². The molecule has 1 aromatic carbocycles. The van der Waals surface area contributed by atoms with Gasteiger partial charge in [0, 0.05) is 35.1 Å². The SMILES string of the molecule is Cc1cc(Nc2cc(C3CC3)[nH]n2)nc(Nc2ccccc2)n1. The molecular formula is C17H18N6. The van der Waals surface area contributed by atoms with Crippen LogP contribution in [0.15, 0.2) is 42.5 Å². The Bertz CT molecular complexity index is 807. The van der Waals surface area contributed by atoms with Crippen LogP contribution >= 0.6 is 0 Å². The van der Waals surface area contributed by atoms with Crippen LogP contribution in [0.1, 0.15) is 30.1 Å². The molecule has 23 heavy (non-hydrogen) atoms. The molecule has 2 heterocycles. The molecule has 0 atom stereocenters. The Kier molecular flexibility index (Phi) is 3.42. The highest BCUT2D eigenvalue weighted by Crippen LogP contribution is 2.39. The van der Waals surface area contributed by atoms with Crippen molar-refractivity contribution in [2.24, 2.45) is 0 Å². The largest absolute Gasteiger partial charge is 0.324 e. The summed E-state index contributed by atoms with van der Waals surface area (Å²) in [6.07, 6.45) is 2.50. The number of nitrogens with zero attached hydrogens (tertiary/aromatic N) is 3. The van der Waals surface area contributed by atoms with Crippen molar-refractivity contribution in [1.82, 2.24) is 20.2 Å². The zero-order chi connectivity index (χ0) is 15.6. The van der Waals surface area contributed by atoms with E-state index in [2.05, 4.69) is 36.9 Å². The zero-order valence-electron chi connectivity index (χ0n) is 12.9. The Morgan fingerprint density at radius 2 is 1.83 bits per heavy atom. The van der Waals surface area contributed by atoms with Crippen molar-refractivity contribution < 1.29 is 0 Å². The molecule has 6 heteroatoms. The van der Waals surface area contributed by atoms with Gasteiger partial charge in [-0.1, -0.05) is 18.2 Å². The third kappa shape index (κ3) is 3.31. The van der Waals surface area contributed by atoms with Crippen LogP contribution in [0.2, 0.25) is 0 Å². The minimum atomic E-state index is 0.566. The highest BCUT2D eigenvalue weighted by molar-refractivity contribution is 5.58. The number of H-pyrrole nitrogens is 1. The summed E-state index contributed by atoms with van der Waals surface area (Å²) in [5.41, 5.74) is 3.04. The minimum absolute atomic E-state index is 0.566. The number of nitrogens with one attached hydrogen (secondary N) is 3. The third-order valence-electron chi connectivity index (χ3n) is 3.76. The van der Waals surface area contributed by atoms with E-state index in [0.717, 1.165) is 23.0 Å². The van der Waals surface area contributed by atoms with Crippen LogP contribution in [0.4, 0.5) is 23.3 Å². The van der Waals surface area contributed by atoms with Crippen molar-refractivity contribution in [3.63, 3.8) is 0 Å². The van der Waals surface area contributed by atoms with E-state index in [4.69, 9.17) is 0 Å². The molecule has 0 saturated heterocycles. The first-order valence-electron chi connectivity index (χ1n) is 7.76. The maximum Gasteiger partial charge on any atom is 0.229 e. The molecule has 0 bridgehead atoms. The van der Waals surface area contributed by atoms with E-state index in [-0.39, 0.29) is 0 Å². The standard InChI is InChI=1S/C17H18N6/c1-11-9-15(20-16-10-14(22-23-16)12-7-8-12)21-17(18-11)19-13-5-3-2-4-6-13/h2-6,9-10,12H,7-8H2,1H3,(H3,18,19,20,21,22,23). The van der Waals surface area contributed by atoms with Gasteiger partial charge in [0.15, 0.2) is 5.82 Å².